The molecule has 2 nitrogen and oxygen atoms in total. The summed E-state index contributed by atoms with van der Waals surface area (Å²) in [5.41, 5.74) is 6.46. The molecule has 0 aromatic carbocycles. The Morgan fingerprint density at radius 3 is 2.17 bits per heavy atom. The second-order valence-corrected chi connectivity index (χ2v) is 5.65. The highest BCUT2D eigenvalue weighted by Crippen LogP contribution is 2.29. The molecule has 0 radical (unpaired) electrons. The molecule has 1 fully saturated rings. The number of ketones is 1. The quantitative estimate of drug-likeness (QED) is 0.750. The van der Waals surface area contributed by atoms with Crippen LogP contribution in [0.2, 0.25) is 0 Å². The van der Waals surface area contributed by atoms with Gasteiger partial charge in [-0.25, -0.2) is 0 Å². The van der Waals surface area contributed by atoms with Gasteiger partial charge in [0.15, 0.2) is 0 Å². The molecule has 0 spiro atoms. The van der Waals surface area contributed by atoms with Crippen LogP contribution in [0.5, 0.6) is 0 Å². The summed E-state index contributed by atoms with van der Waals surface area (Å²) in [5, 5.41) is 0. The number of nitrogens with two attached hydrogens (primary N) is 1. The smallest absolute Gasteiger partial charge is 0.132 e. The summed E-state index contributed by atoms with van der Waals surface area (Å²) in [6.07, 6.45) is 8.76. The fraction of sp³-hybridized carbons (Fsp3) is 0.812. The van der Waals surface area contributed by atoms with Gasteiger partial charge >= 0.3 is 0 Å². The summed E-state index contributed by atoms with van der Waals surface area (Å²) in [7, 11) is 0. The van der Waals surface area contributed by atoms with Crippen molar-refractivity contribution in [2.24, 2.45) is 17.6 Å². The standard InChI is InChI=1S/C10H18O.C6H13N/c1-8(9(2)11)10-6-4-3-5-7-10;1-6(2)4-3-5-7/h8,10H,3-7H2,1-2H3;1,3-5,7H2,2H3. The SMILES string of the molecule is C=C(C)CCCN.CC(=O)C(C)C1CCCCC1. The number of rotatable bonds is 5. The van der Waals surface area contributed by atoms with E-state index in [1.54, 1.807) is 6.92 Å². The van der Waals surface area contributed by atoms with E-state index < -0.39 is 0 Å². The molecule has 18 heavy (non-hydrogen) atoms. The number of carbonyl (C=O) groups is 1. The monoisotopic (exact) mass is 253 g/mol. The summed E-state index contributed by atoms with van der Waals surface area (Å²) in [6.45, 7) is 10.3. The van der Waals surface area contributed by atoms with Crippen LogP contribution in [-0.4, -0.2) is 12.3 Å². The van der Waals surface area contributed by atoms with Crippen LogP contribution in [-0.2, 0) is 4.79 Å². The van der Waals surface area contributed by atoms with Crippen LogP contribution >= 0.6 is 0 Å². The average Bonchev–Trinajstić information content (AvgIpc) is 2.37. The maximum Gasteiger partial charge on any atom is 0.132 e. The third-order valence-electron chi connectivity index (χ3n) is 3.81. The van der Waals surface area contributed by atoms with E-state index in [-0.39, 0.29) is 0 Å². The van der Waals surface area contributed by atoms with E-state index in [2.05, 4.69) is 13.5 Å². The van der Waals surface area contributed by atoms with E-state index in [1.165, 1.54) is 37.7 Å². The lowest BCUT2D eigenvalue weighted by Gasteiger charge is -2.25. The fourth-order valence-corrected chi connectivity index (χ4v) is 2.37. The van der Waals surface area contributed by atoms with Gasteiger partial charge in [-0.1, -0.05) is 31.8 Å². The summed E-state index contributed by atoms with van der Waals surface area (Å²) >= 11 is 0. The zero-order valence-corrected chi connectivity index (χ0v) is 12.5. The molecule has 2 N–H and O–H groups in total. The molecule has 1 unspecified atom stereocenters. The van der Waals surface area contributed by atoms with E-state index in [4.69, 9.17) is 5.73 Å². The predicted octanol–water partition coefficient (Wildman–Crippen LogP) is 4.09. The molecule has 0 heterocycles. The Balaban J connectivity index is 0.000000360. The van der Waals surface area contributed by atoms with Crippen LogP contribution in [0.3, 0.4) is 0 Å². The molecule has 1 aliphatic carbocycles. The minimum Gasteiger partial charge on any atom is -0.330 e. The molecule has 2 heteroatoms. The summed E-state index contributed by atoms with van der Waals surface area (Å²) in [6, 6.07) is 0. The zero-order chi connectivity index (χ0) is 14.0. The van der Waals surface area contributed by atoms with Crippen molar-refractivity contribution in [1.29, 1.82) is 0 Å². The van der Waals surface area contributed by atoms with Gasteiger partial charge in [-0.2, -0.15) is 0 Å². The highest BCUT2D eigenvalue weighted by Gasteiger charge is 2.22. The Hall–Kier alpha value is -0.630. The highest BCUT2D eigenvalue weighted by atomic mass is 16.1. The molecule has 106 valence electrons. The maximum absolute atomic E-state index is 11.0. The van der Waals surface area contributed by atoms with Gasteiger partial charge in [-0.15, -0.1) is 6.58 Å². The number of allylic oxidation sites excluding steroid dienone is 1. The van der Waals surface area contributed by atoms with Crippen LogP contribution in [0.4, 0.5) is 0 Å². The van der Waals surface area contributed by atoms with Gasteiger partial charge in [0.05, 0.1) is 0 Å². The molecule has 1 atom stereocenters. The van der Waals surface area contributed by atoms with Crippen molar-refractivity contribution in [2.45, 2.75) is 65.7 Å². The highest BCUT2D eigenvalue weighted by molar-refractivity contribution is 5.78. The largest absolute Gasteiger partial charge is 0.330 e. The minimum absolute atomic E-state index is 0.315. The van der Waals surface area contributed by atoms with Crippen molar-refractivity contribution < 1.29 is 4.79 Å². The van der Waals surface area contributed by atoms with Crippen LogP contribution in [0, 0.1) is 11.8 Å². The summed E-state index contributed by atoms with van der Waals surface area (Å²) in [5.74, 6) is 1.38. The molecule has 0 saturated heterocycles. The van der Waals surface area contributed by atoms with Gasteiger partial charge in [0.1, 0.15) is 5.78 Å². The third kappa shape index (κ3) is 8.46. The van der Waals surface area contributed by atoms with Gasteiger partial charge in [-0.05, 0) is 52.0 Å². The zero-order valence-electron chi connectivity index (χ0n) is 12.5. The van der Waals surface area contributed by atoms with Gasteiger partial charge in [-0.3, -0.25) is 4.79 Å². The summed E-state index contributed by atoms with van der Waals surface area (Å²) < 4.78 is 0. The molecule has 0 aliphatic heterocycles. The first-order valence-corrected chi connectivity index (χ1v) is 7.34. The van der Waals surface area contributed by atoms with Crippen LogP contribution in [0.15, 0.2) is 12.2 Å². The van der Waals surface area contributed by atoms with Crippen molar-refractivity contribution in [3.8, 4) is 0 Å². The maximum atomic E-state index is 11.0. The van der Waals surface area contributed by atoms with Crippen LogP contribution in [0.1, 0.15) is 65.7 Å². The van der Waals surface area contributed by atoms with Crippen molar-refractivity contribution in [3.63, 3.8) is 0 Å². The summed E-state index contributed by atoms with van der Waals surface area (Å²) in [4.78, 5) is 11.0. The Bertz CT molecular complexity index is 241. The van der Waals surface area contributed by atoms with E-state index in [9.17, 15) is 4.79 Å². The topological polar surface area (TPSA) is 43.1 Å². The van der Waals surface area contributed by atoms with E-state index in [0.29, 0.717) is 17.6 Å². The fourth-order valence-electron chi connectivity index (χ4n) is 2.37. The van der Waals surface area contributed by atoms with E-state index in [1.807, 2.05) is 6.92 Å². The number of hydrogen-bond acceptors (Lipinski definition) is 2. The Morgan fingerprint density at radius 2 is 1.83 bits per heavy atom. The Kier molecular flexibility index (Phi) is 9.95. The lowest BCUT2D eigenvalue weighted by atomic mass is 9.79. The van der Waals surface area contributed by atoms with Crippen molar-refractivity contribution in [3.05, 3.63) is 12.2 Å². The molecule has 0 amide bonds. The van der Waals surface area contributed by atoms with E-state index in [0.717, 1.165) is 19.4 Å². The van der Waals surface area contributed by atoms with Gasteiger partial charge in [0, 0.05) is 5.92 Å². The molecule has 1 rings (SSSR count). The molecule has 0 aromatic heterocycles. The molecular weight excluding hydrogens is 222 g/mol. The second-order valence-electron chi connectivity index (χ2n) is 5.65. The minimum atomic E-state index is 0.315. The number of hydrogen-bond donors (Lipinski definition) is 1. The van der Waals surface area contributed by atoms with Gasteiger partial charge in [0.25, 0.3) is 0 Å². The second kappa shape index (κ2) is 10.3. The van der Waals surface area contributed by atoms with Crippen LogP contribution < -0.4 is 5.73 Å². The first-order chi connectivity index (χ1) is 8.49. The molecule has 1 aliphatic rings. The van der Waals surface area contributed by atoms with E-state index >= 15 is 0 Å². The lowest BCUT2D eigenvalue weighted by molar-refractivity contribution is -0.122. The van der Waals surface area contributed by atoms with Crippen molar-refractivity contribution in [1.82, 2.24) is 0 Å². The van der Waals surface area contributed by atoms with Crippen molar-refractivity contribution >= 4 is 5.78 Å². The van der Waals surface area contributed by atoms with Crippen LogP contribution in [0.25, 0.3) is 0 Å². The first-order valence-electron chi connectivity index (χ1n) is 7.34. The van der Waals surface area contributed by atoms with Gasteiger partial charge in [0.2, 0.25) is 0 Å². The lowest BCUT2D eigenvalue weighted by Crippen LogP contribution is -2.20. The number of Topliss-reactive ketones (excluding diaryl/α,β-unsaturated/α-hetero) is 1. The Labute approximate surface area is 113 Å². The first kappa shape index (κ1) is 17.4. The average molecular weight is 253 g/mol. The van der Waals surface area contributed by atoms with Crippen molar-refractivity contribution in [2.75, 3.05) is 6.54 Å². The molecule has 1 saturated carbocycles. The third-order valence-corrected chi connectivity index (χ3v) is 3.81. The predicted molar refractivity (Wildman–Crippen MR) is 79.5 cm³/mol. The molecular formula is C16H31NO. The normalized spacial score (nSPS) is 17.6. The number of carbonyl (C=O) groups excluding carboxylic acids is 1. The molecule has 0 bridgehead atoms. The Morgan fingerprint density at radius 1 is 1.28 bits per heavy atom. The molecule has 0 aromatic rings. The van der Waals surface area contributed by atoms with Gasteiger partial charge < -0.3 is 5.73 Å².